The number of halogens is 4. The van der Waals surface area contributed by atoms with E-state index in [9.17, 15) is 22.8 Å². The molecule has 7 nitrogen and oxygen atoms in total. The van der Waals surface area contributed by atoms with Gasteiger partial charge in [-0.1, -0.05) is 29.3 Å². The number of hydrazine groups is 1. The van der Waals surface area contributed by atoms with E-state index < -0.39 is 29.2 Å². The van der Waals surface area contributed by atoms with Crippen molar-refractivity contribution in [3.05, 3.63) is 76.1 Å². The summed E-state index contributed by atoms with van der Waals surface area (Å²) in [5.41, 5.74) is 4.03. The Labute approximate surface area is 198 Å². The van der Waals surface area contributed by atoms with Gasteiger partial charge >= 0.3 is 6.18 Å². The Hall–Kier alpha value is -3.53. The molecule has 0 saturated carbocycles. The average Bonchev–Trinajstić information content (AvgIpc) is 3.23. The molecule has 0 saturated heterocycles. The molecule has 0 aliphatic carbocycles. The number of alkyl halides is 3. The lowest BCUT2D eigenvalue weighted by atomic mass is 10.2. The molecule has 3 rings (SSSR count). The molecule has 2 aromatic carbocycles. The number of nitrogens with one attached hydrogen (secondary N) is 2. The number of ether oxygens (including phenoxy) is 1. The Balaban J connectivity index is 1.57. The minimum Gasteiger partial charge on any atom is -0.493 e. The molecule has 0 atom stereocenters. The molecule has 0 fully saturated rings. The van der Waals surface area contributed by atoms with E-state index in [1.54, 1.807) is 37.3 Å². The maximum absolute atomic E-state index is 13.7. The Bertz CT molecular complexity index is 1180. The first-order valence-corrected chi connectivity index (χ1v) is 10.6. The van der Waals surface area contributed by atoms with Gasteiger partial charge in [-0.2, -0.15) is 18.3 Å². The van der Waals surface area contributed by atoms with Crippen LogP contribution in [0.15, 0.2) is 48.7 Å². The third-order valence-corrected chi connectivity index (χ3v) is 5.05. The van der Waals surface area contributed by atoms with E-state index in [-0.39, 0.29) is 18.7 Å². The summed E-state index contributed by atoms with van der Waals surface area (Å²) in [5.74, 6) is -1.08. The van der Waals surface area contributed by atoms with Crippen molar-refractivity contribution in [3.63, 3.8) is 0 Å². The molecule has 0 bridgehead atoms. The second-order valence-electron chi connectivity index (χ2n) is 7.52. The van der Waals surface area contributed by atoms with E-state index in [1.807, 2.05) is 12.3 Å². The highest BCUT2D eigenvalue weighted by molar-refractivity contribution is 6.30. The quantitative estimate of drug-likeness (QED) is 0.365. The van der Waals surface area contributed by atoms with Gasteiger partial charge < -0.3 is 4.74 Å². The zero-order valence-electron chi connectivity index (χ0n) is 18.4. The minimum atomic E-state index is -4.85. The van der Waals surface area contributed by atoms with Crippen molar-refractivity contribution in [2.45, 2.75) is 32.9 Å². The molecule has 1 aromatic heterocycles. The van der Waals surface area contributed by atoms with Gasteiger partial charge in [-0.3, -0.25) is 20.4 Å². The smallest absolute Gasteiger partial charge is 0.434 e. The van der Waals surface area contributed by atoms with Gasteiger partial charge in [0.05, 0.1) is 24.1 Å². The maximum Gasteiger partial charge on any atom is 0.434 e. The van der Waals surface area contributed by atoms with Gasteiger partial charge in [-0.25, -0.2) is 4.68 Å². The third kappa shape index (κ3) is 6.28. The predicted molar refractivity (Wildman–Crippen MR) is 120 cm³/mol. The van der Waals surface area contributed by atoms with E-state index in [0.29, 0.717) is 21.9 Å². The normalized spacial score (nSPS) is 11.2. The van der Waals surface area contributed by atoms with Crippen LogP contribution in [0.2, 0.25) is 5.02 Å². The molecule has 2 amide bonds. The molecule has 3 aromatic rings. The number of carbonyl (C=O) groups excluding carboxylic acids is 2. The van der Waals surface area contributed by atoms with Crippen molar-refractivity contribution < 1.29 is 27.5 Å². The van der Waals surface area contributed by atoms with Crippen LogP contribution in [0.25, 0.3) is 5.69 Å². The zero-order valence-corrected chi connectivity index (χ0v) is 19.1. The monoisotopic (exact) mass is 494 g/mol. The first-order valence-electron chi connectivity index (χ1n) is 10.3. The number of carbonyl (C=O) groups is 2. The molecule has 0 aliphatic rings. The highest BCUT2D eigenvalue weighted by Crippen LogP contribution is 2.33. The van der Waals surface area contributed by atoms with Gasteiger partial charge in [-0.15, -0.1) is 0 Å². The number of benzene rings is 2. The highest BCUT2D eigenvalue weighted by Gasteiger charge is 2.40. The Morgan fingerprint density at radius 1 is 1.09 bits per heavy atom. The second-order valence-corrected chi connectivity index (χ2v) is 7.95. The molecular formula is C23H22ClF3N4O3. The van der Waals surface area contributed by atoms with Gasteiger partial charge in [-0.05, 0) is 56.2 Å². The summed E-state index contributed by atoms with van der Waals surface area (Å²) in [6.07, 6.45) is -3.73. The van der Waals surface area contributed by atoms with E-state index in [4.69, 9.17) is 16.3 Å². The lowest BCUT2D eigenvalue weighted by Gasteiger charge is -2.13. The van der Waals surface area contributed by atoms with E-state index in [2.05, 4.69) is 10.5 Å². The van der Waals surface area contributed by atoms with Crippen LogP contribution in [0.4, 0.5) is 13.2 Å². The van der Waals surface area contributed by atoms with Crippen molar-refractivity contribution in [1.29, 1.82) is 0 Å². The number of aryl methyl sites for hydroxylation is 2. The molecule has 0 radical (unpaired) electrons. The third-order valence-electron chi connectivity index (χ3n) is 4.82. The largest absolute Gasteiger partial charge is 0.493 e. The SMILES string of the molecule is Cc1ccc(-n2ncc(C(=O)NNC(=O)CCCOc3ccc(Cl)cc3C)c2C(F)(F)F)cc1. The predicted octanol–water partition coefficient (Wildman–Crippen LogP) is 4.78. The van der Waals surface area contributed by atoms with E-state index >= 15 is 0 Å². The van der Waals surface area contributed by atoms with Crippen LogP contribution in [0.1, 0.15) is 40.0 Å². The number of hydrogen-bond acceptors (Lipinski definition) is 4. The van der Waals surface area contributed by atoms with Crippen molar-refractivity contribution >= 4 is 23.4 Å². The fraction of sp³-hybridized carbons (Fsp3) is 0.261. The van der Waals surface area contributed by atoms with Gasteiger partial charge in [0.15, 0.2) is 5.69 Å². The maximum atomic E-state index is 13.7. The van der Waals surface area contributed by atoms with Crippen LogP contribution >= 0.6 is 11.6 Å². The molecule has 2 N–H and O–H groups in total. The van der Waals surface area contributed by atoms with Crippen LogP contribution in [-0.4, -0.2) is 28.2 Å². The van der Waals surface area contributed by atoms with Crippen molar-refractivity contribution in [3.8, 4) is 11.4 Å². The number of amides is 2. The Kier molecular flexibility index (Phi) is 7.83. The van der Waals surface area contributed by atoms with Crippen LogP contribution in [0.5, 0.6) is 5.75 Å². The topological polar surface area (TPSA) is 85.3 Å². The Morgan fingerprint density at radius 2 is 1.79 bits per heavy atom. The van der Waals surface area contributed by atoms with Gasteiger partial charge in [0, 0.05) is 11.4 Å². The lowest BCUT2D eigenvalue weighted by molar-refractivity contribution is -0.143. The van der Waals surface area contributed by atoms with Gasteiger partial charge in [0.25, 0.3) is 5.91 Å². The molecular weight excluding hydrogens is 473 g/mol. The summed E-state index contributed by atoms with van der Waals surface area (Å²) in [6, 6.07) is 11.3. The minimum absolute atomic E-state index is 0.0122. The van der Waals surface area contributed by atoms with Gasteiger partial charge in [0.2, 0.25) is 5.91 Å². The average molecular weight is 495 g/mol. The lowest BCUT2D eigenvalue weighted by Crippen LogP contribution is -2.42. The first-order chi connectivity index (χ1) is 16.1. The van der Waals surface area contributed by atoms with E-state index in [1.165, 1.54) is 12.1 Å². The summed E-state index contributed by atoms with van der Waals surface area (Å²) >= 11 is 5.89. The molecule has 0 unspecified atom stereocenters. The molecule has 34 heavy (non-hydrogen) atoms. The van der Waals surface area contributed by atoms with Gasteiger partial charge in [0.1, 0.15) is 5.75 Å². The summed E-state index contributed by atoms with van der Waals surface area (Å²) in [7, 11) is 0. The zero-order chi connectivity index (χ0) is 24.9. The summed E-state index contributed by atoms with van der Waals surface area (Å²) in [6.45, 7) is 3.86. The standard InChI is InChI=1S/C23H22ClF3N4O3/c1-14-5-8-17(9-6-14)31-21(23(25,26)27)18(13-28-31)22(33)30-29-20(32)4-3-11-34-19-10-7-16(24)12-15(19)2/h5-10,12-13H,3-4,11H2,1-2H3,(H,29,32)(H,30,33). The molecule has 180 valence electrons. The summed E-state index contributed by atoms with van der Waals surface area (Å²) in [5, 5.41) is 4.31. The number of nitrogens with zero attached hydrogens (tertiary/aromatic N) is 2. The number of aromatic nitrogens is 2. The number of hydrogen-bond donors (Lipinski definition) is 2. The number of rotatable bonds is 7. The molecule has 1 heterocycles. The Morgan fingerprint density at radius 3 is 2.44 bits per heavy atom. The van der Waals surface area contributed by atoms with Crippen LogP contribution < -0.4 is 15.6 Å². The molecule has 0 aliphatic heterocycles. The van der Waals surface area contributed by atoms with Crippen molar-refractivity contribution in [1.82, 2.24) is 20.6 Å². The van der Waals surface area contributed by atoms with Crippen molar-refractivity contribution in [2.75, 3.05) is 6.61 Å². The summed E-state index contributed by atoms with van der Waals surface area (Å²) in [4.78, 5) is 24.4. The second kappa shape index (κ2) is 10.6. The van der Waals surface area contributed by atoms with E-state index in [0.717, 1.165) is 17.3 Å². The molecule has 11 heteroatoms. The van der Waals surface area contributed by atoms with Crippen LogP contribution in [0, 0.1) is 13.8 Å². The highest BCUT2D eigenvalue weighted by atomic mass is 35.5. The van der Waals surface area contributed by atoms with Crippen LogP contribution in [-0.2, 0) is 11.0 Å². The fourth-order valence-electron chi connectivity index (χ4n) is 3.12. The fourth-order valence-corrected chi connectivity index (χ4v) is 3.34. The first kappa shape index (κ1) is 25.1. The summed E-state index contributed by atoms with van der Waals surface area (Å²) < 4.78 is 47.4. The van der Waals surface area contributed by atoms with Crippen LogP contribution in [0.3, 0.4) is 0 Å². The molecule has 0 spiro atoms. The van der Waals surface area contributed by atoms with Crippen molar-refractivity contribution in [2.24, 2.45) is 0 Å².